The monoisotopic (exact) mass is 398 g/mol. The second kappa shape index (κ2) is 20.0. The first-order valence-corrected chi connectivity index (χ1v) is 13.8. The Morgan fingerprint density at radius 1 is 0.667 bits per heavy atom. The van der Waals surface area contributed by atoms with E-state index in [2.05, 4.69) is 19.1 Å². The maximum atomic E-state index is 5.83. The molecule has 0 aromatic heterocycles. The molecule has 1 aromatic rings. The van der Waals surface area contributed by atoms with Crippen molar-refractivity contribution in [2.75, 3.05) is 6.61 Å². The molecule has 2 heteroatoms. The van der Waals surface area contributed by atoms with Gasteiger partial charge in [0.25, 0.3) is 0 Å². The molecule has 0 aliphatic carbocycles. The van der Waals surface area contributed by atoms with E-state index >= 15 is 0 Å². The summed E-state index contributed by atoms with van der Waals surface area (Å²) in [7, 11) is 0. The second-order valence-corrected chi connectivity index (χ2v) is 11.0. The molecule has 0 aliphatic heterocycles. The molecule has 150 valence electrons. The molecule has 0 spiro atoms. The van der Waals surface area contributed by atoms with Gasteiger partial charge in [-0.25, -0.2) is 0 Å². The van der Waals surface area contributed by atoms with Crippen molar-refractivity contribution in [1.29, 1.82) is 0 Å². The molecule has 0 fully saturated rings. The van der Waals surface area contributed by atoms with E-state index in [9.17, 15) is 0 Å². The fourth-order valence-electron chi connectivity index (χ4n) is 3.73. The van der Waals surface area contributed by atoms with Crippen LogP contribution in [0.25, 0.3) is 0 Å². The fourth-order valence-corrected chi connectivity index (χ4v) is 4.73. The van der Waals surface area contributed by atoms with E-state index in [1.54, 1.807) is 0 Å². The predicted octanol–water partition coefficient (Wildman–Crippen LogP) is 8.28. The zero-order chi connectivity index (χ0) is 19.4. The average molecular weight is 399 g/mol. The first-order chi connectivity index (χ1) is 13.3. The molecule has 0 heterocycles. The van der Waals surface area contributed by atoms with E-state index in [-0.39, 0.29) is 0 Å². The number of hydrogen-bond acceptors (Lipinski definition) is 1. The molecule has 1 nitrogen and oxygen atoms in total. The maximum absolute atomic E-state index is 5.83. The van der Waals surface area contributed by atoms with Gasteiger partial charge >= 0.3 is 173 Å². The van der Waals surface area contributed by atoms with Gasteiger partial charge in [-0.3, -0.25) is 0 Å². The molecule has 0 saturated carbocycles. The number of hydrogen-bond donors (Lipinski definition) is 0. The Kier molecular flexibility index (Phi) is 19.0. The number of benzene rings is 1. The molecule has 1 rings (SSSR count). The average Bonchev–Trinajstić information content (AvgIpc) is 2.69. The quantitative estimate of drug-likeness (QED) is 0.168. The third-order valence-electron chi connectivity index (χ3n) is 5.67. The zero-order valence-electron chi connectivity index (χ0n) is 18.4. The van der Waals surface area contributed by atoms with E-state index in [4.69, 9.17) is 4.74 Å². The number of unbranched alkanes of at least 4 members (excludes halogenated alkanes) is 13. The van der Waals surface area contributed by atoms with E-state index < -0.39 is 0 Å². The predicted molar refractivity (Wildman–Crippen MR) is 121 cm³/mol. The van der Waals surface area contributed by atoms with Gasteiger partial charge in [0.1, 0.15) is 0 Å². The Labute approximate surface area is 204 Å². The molecule has 1 aromatic carbocycles. The summed E-state index contributed by atoms with van der Waals surface area (Å²) >= 11 is 0.934. The summed E-state index contributed by atoms with van der Waals surface area (Å²) in [5.41, 5.74) is 0. The van der Waals surface area contributed by atoms with Crippen molar-refractivity contribution in [3.63, 3.8) is 0 Å². The van der Waals surface area contributed by atoms with Crippen LogP contribution in [-0.4, -0.2) is 55.6 Å². The summed E-state index contributed by atoms with van der Waals surface area (Å²) in [5, 5.41) is 0. The Morgan fingerprint density at radius 2 is 1.15 bits per heavy atom. The van der Waals surface area contributed by atoms with Gasteiger partial charge in [-0.2, -0.15) is 0 Å². The van der Waals surface area contributed by atoms with Crippen molar-refractivity contribution in [3.8, 4) is 5.75 Å². The van der Waals surface area contributed by atoms with Crippen molar-refractivity contribution in [2.45, 2.75) is 110 Å². The zero-order valence-corrected chi connectivity index (χ0v) is 21.5. The summed E-state index contributed by atoms with van der Waals surface area (Å²) < 4.78 is 6.80. The third-order valence-corrected chi connectivity index (χ3v) is 7.48. The first kappa shape index (κ1) is 25.7. The van der Waals surface area contributed by atoms with Crippen LogP contribution in [0.1, 0.15) is 110 Å². The van der Waals surface area contributed by atoms with Crippen LogP contribution in [0.15, 0.2) is 30.3 Å². The van der Waals surface area contributed by atoms with E-state index in [0.29, 0.717) is 0 Å². The van der Waals surface area contributed by atoms with Gasteiger partial charge in [0.2, 0.25) is 0 Å². The van der Waals surface area contributed by atoms with Gasteiger partial charge in [0, 0.05) is 0 Å². The van der Waals surface area contributed by atoms with E-state index in [1.165, 1.54) is 103 Å². The molecule has 1 unspecified atom stereocenters. The van der Waals surface area contributed by atoms with Crippen LogP contribution in [0.4, 0.5) is 0 Å². The van der Waals surface area contributed by atoms with Gasteiger partial charge in [0.05, 0.1) is 0 Å². The minimum absolute atomic E-state index is 0.898. The van der Waals surface area contributed by atoms with Gasteiger partial charge in [-0.05, 0) is 0 Å². The molecule has 0 bridgehead atoms. The summed E-state index contributed by atoms with van der Waals surface area (Å²) in [6.45, 7) is 3.19. The van der Waals surface area contributed by atoms with Crippen molar-refractivity contribution in [1.82, 2.24) is 0 Å². The molecule has 0 amide bonds. The van der Waals surface area contributed by atoms with Crippen molar-refractivity contribution >= 4 is 49.0 Å². The van der Waals surface area contributed by atoms with Gasteiger partial charge in [-0.15, -0.1) is 0 Å². The molecule has 1 atom stereocenters. The van der Waals surface area contributed by atoms with Crippen LogP contribution in [0, 0.1) is 0 Å². The number of para-hydroxylation sites is 1. The van der Waals surface area contributed by atoms with Gasteiger partial charge < -0.3 is 0 Å². The molecule has 0 aliphatic rings. The van der Waals surface area contributed by atoms with Crippen LogP contribution < -0.4 is 4.74 Å². The first-order valence-electron chi connectivity index (χ1n) is 12.0. The van der Waals surface area contributed by atoms with Crippen LogP contribution in [0.3, 0.4) is 0 Å². The molecule has 0 N–H and O–H groups in total. The third kappa shape index (κ3) is 17.2. The summed E-state index contributed by atoms with van der Waals surface area (Å²) in [6, 6.07) is 10.2. The van der Waals surface area contributed by atoms with E-state index in [1.807, 2.05) is 18.2 Å². The molecule has 0 saturated heterocycles. The number of ether oxygens (including phenoxy) is 1. The van der Waals surface area contributed by atoms with Crippen LogP contribution in [-0.2, 0) is 0 Å². The van der Waals surface area contributed by atoms with Crippen molar-refractivity contribution in [3.05, 3.63) is 30.3 Å². The van der Waals surface area contributed by atoms with Crippen molar-refractivity contribution < 1.29 is 4.74 Å². The Balaban J connectivity index is 1.77. The van der Waals surface area contributed by atoms with E-state index in [0.717, 1.165) is 61.3 Å². The SMILES string of the molecule is CCCCCCCCCCCCCCCC[CH]([K])CCOc1ccccc1. The van der Waals surface area contributed by atoms with Gasteiger partial charge in [0.15, 0.2) is 0 Å². The molecular formula is C25H43KO. The second-order valence-electron chi connectivity index (χ2n) is 8.44. The Bertz CT molecular complexity index is 406. The van der Waals surface area contributed by atoms with Crippen LogP contribution in [0.2, 0.25) is 0.0125 Å². The number of rotatable bonds is 19. The van der Waals surface area contributed by atoms with Crippen molar-refractivity contribution in [2.24, 2.45) is 0 Å². The molecular weight excluding hydrogens is 355 g/mol. The van der Waals surface area contributed by atoms with Crippen LogP contribution in [0.5, 0.6) is 5.75 Å². The fraction of sp³-hybridized carbons (Fsp3) is 0.760. The standard InChI is InChI=1S/C25H43O.K/c1-2-3-4-5-6-7-8-9-10-11-12-13-14-15-16-17-21-24-26-25-22-19-18-20-23-25;/h17-20,22-23H,2-16,21,24H2,1H3;. The Hall–Kier alpha value is 0.656. The summed E-state index contributed by atoms with van der Waals surface area (Å²) in [6.07, 6.45) is 23.1. The molecule has 27 heavy (non-hydrogen) atoms. The summed E-state index contributed by atoms with van der Waals surface area (Å²) in [5.74, 6) is 1.02. The van der Waals surface area contributed by atoms with Gasteiger partial charge in [-0.1, -0.05) is 32.6 Å². The Morgan fingerprint density at radius 3 is 1.67 bits per heavy atom. The normalized spacial score (nSPS) is 12.3. The molecule has 0 radical (unpaired) electrons. The van der Waals surface area contributed by atoms with Crippen LogP contribution >= 0.6 is 0 Å². The minimum atomic E-state index is 0.898. The summed E-state index contributed by atoms with van der Waals surface area (Å²) in [4.78, 5) is 0. The topological polar surface area (TPSA) is 9.23 Å².